The normalized spacial score (nSPS) is 18.1. The van der Waals surface area contributed by atoms with Crippen molar-refractivity contribution in [2.24, 2.45) is 5.92 Å². The highest BCUT2D eigenvalue weighted by molar-refractivity contribution is 9.10. The van der Waals surface area contributed by atoms with Crippen LogP contribution in [-0.4, -0.2) is 63.7 Å². The van der Waals surface area contributed by atoms with E-state index in [0.29, 0.717) is 51.0 Å². The van der Waals surface area contributed by atoms with Gasteiger partial charge in [-0.2, -0.15) is 10.1 Å². The van der Waals surface area contributed by atoms with Crippen molar-refractivity contribution in [1.29, 1.82) is 0 Å². The highest BCUT2D eigenvalue weighted by Gasteiger charge is 2.30. The molecule has 36 heavy (non-hydrogen) atoms. The van der Waals surface area contributed by atoms with Crippen molar-refractivity contribution < 1.29 is 17.6 Å². The number of nitrogens with one attached hydrogen (secondary N) is 2. The minimum Gasteiger partial charge on any atom is -0.355 e. The van der Waals surface area contributed by atoms with Crippen LogP contribution in [0.15, 0.2) is 41.3 Å². The van der Waals surface area contributed by atoms with Crippen LogP contribution in [0.4, 0.5) is 10.3 Å². The summed E-state index contributed by atoms with van der Waals surface area (Å²) in [4.78, 5) is 25.6. The molecule has 0 radical (unpaired) electrons. The van der Waals surface area contributed by atoms with E-state index in [4.69, 9.17) is 0 Å². The third kappa shape index (κ3) is 5.31. The molecule has 0 bridgehead atoms. The number of nitrogens with zero attached hydrogens (tertiary/aromatic N) is 5. The zero-order chi connectivity index (χ0) is 25.4. The Labute approximate surface area is 214 Å². The summed E-state index contributed by atoms with van der Waals surface area (Å²) in [5.41, 5.74) is 1.93. The third-order valence-electron chi connectivity index (χ3n) is 6.16. The van der Waals surface area contributed by atoms with Crippen molar-refractivity contribution in [2.45, 2.75) is 25.3 Å². The van der Waals surface area contributed by atoms with E-state index in [-0.39, 0.29) is 30.2 Å². The summed E-state index contributed by atoms with van der Waals surface area (Å²) in [6.45, 7) is 0.113. The van der Waals surface area contributed by atoms with Crippen LogP contribution in [0.2, 0.25) is 0 Å². The summed E-state index contributed by atoms with van der Waals surface area (Å²) in [6, 6.07) is 6.85. The SMILES string of the molecule is CS(=O)(=O)CCNC(=O)[C@@H]1CC[C@@H](Nc2ncc3c(Br)nn(-c4ccc5ncc(F)cc5c4)c3n2)C1. The van der Waals surface area contributed by atoms with Crippen LogP contribution >= 0.6 is 15.9 Å². The fraction of sp³-hybridized carbons (Fsp3) is 0.348. The van der Waals surface area contributed by atoms with E-state index in [2.05, 4.69) is 46.6 Å². The Hall–Kier alpha value is -3.19. The van der Waals surface area contributed by atoms with Crippen LogP contribution in [-0.2, 0) is 14.6 Å². The second kappa shape index (κ2) is 9.69. The molecule has 0 saturated heterocycles. The number of carbonyl (C=O) groups is 1. The van der Waals surface area contributed by atoms with E-state index in [1.807, 2.05) is 6.07 Å². The van der Waals surface area contributed by atoms with Gasteiger partial charge in [0.05, 0.1) is 28.5 Å². The molecule has 2 atom stereocenters. The number of hydrogen-bond acceptors (Lipinski definition) is 8. The minimum atomic E-state index is -3.12. The van der Waals surface area contributed by atoms with Gasteiger partial charge in [0.25, 0.3) is 0 Å². The average molecular weight is 576 g/mol. The molecule has 10 nitrogen and oxygen atoms in total. The van der Waals surface area contributed by atoms with E-state index in [1.165, 1.54) is 12.3 Å². The minimum absolute atomic E-state index is 0.00244. The summed E-state index contributed by atoms with van der Waals surface area (Å²) in [6.07, 6.45) is 6.05. The summed E-state index contributed by atoms with van der Waals surface area (Å²) in [5.74, 6) is -0.417. The highest BCUT2D eigenvalue weighted by Crippen LogP contribution is 2.30. The number of pyridine rings is 1. The van der Waals surface area contributed by atoms with Gasteiger partial charge in [0.2, 0.25) is 11.9 Å². The largest absolute Gasteiger partial charge is 0.355 e. The number of fused-ring (bicyclic) bond motifs is 2. The van der Waals surface area contributed by atoms with E-state index in [9.17, 15) is 17.6 Å². The first-order valence-electron chi connectivity index (χ1n) is 11.4. The maximum atomic E-state index is 13.7. The van der Waals surface area contributed by atoms with Crippen molar-refractivity contribution in [2.75, 3.05) is 23.9 Å². The smallest absolute Gasteiger partial charge is 0.224 e. The fourth-order valence-corrected chi connectivity index (χ4v) is 5.29. The van der Waals surface area contributed by atoms with Gasteiger partial charge in [-0.05, 0) is 59.5 Å². The molecule has 188 valence electrons. The van der Waals surface area contributed by atoms with Crippen LogP contribution in [0.3, 0.4) is 0 Å². The lowest BCUT2D eigenvalue weighted by Gasteiger charge is -2.14. The molecular formula is C23H23BrFN7O3S. The van der Waals surface area contributed by atoms with Gasteiger partial charge in [-0.3, -0.25) is 9.78 Å². The Bertz CT molecular complexity index is 1580. The molecule has 0 unspecified atom stereocenters. The predicted octanol–water partition coefficient (Wildman–Crippen LogP) is 3.01. The third-order valence-corrected chi connectivity index (χ3v) is 7.70. The Morgan fingerprint density at radius 3 is 2.86 bits per heavy atom. The standard InChI is InChI=1S/C23H23BrFN7O3S/c1-36(34,35)7-6-26-22(33)13-2-3-16(9-13)29-23-28-12-18-20(24)31-32(21(18)30-23)17-4-5-19-14(10-17)8-15(25)11-27-19/h4-5,8,10-13,16H,2-3,6-7,9H2,1H3,(H,26,33)(H,28,29,30)/t13-,16-/m1/s1. The number of halogens is 2. The number of sulfone groups is 1. The second-order valence-electron chi connectivity index (χ2n) is 8.94. The molecule has 1 aliphatic rings. The number of anilines is 1. The van der Waals surface area contributed by atoms with Gasteiger partial charge >= 0.3 is 0 Å². The van der Waals surface area contributed by atoms with Crippen LogP contribution in [0.5, 0.6) is 0 Å². The first-order valence-corrected chi connectivity index (χ1v) is 14.2. The summed E-state index contributed by atoms with van der Waals surface area (Å²) in [5, 5.41) is 11.9. The number of hydrogen-bond donors (Lipinski definition) is 2. The maximum Gasteiger partial charge on any atom is 0.224 e. The van der Waals surface area contributed by atoms with E-state index in [0.717, 1.165) is 12.7 Å². The topological polar surface area (TPSA) is 132 Å². The van der Waals surface area contributed by atoms with Gasteiger partial charge in [-0.15, -0.1) is 0 Å². The quantitative estimate of drug-likeness (QED) is 0.343. The van der Waals surface area contributed by atoms with Crippen molar-refractivity contribution in [3.05, 3.63) is 47.1 Å². The first kappa shape index (κ1) is 24.5. The van der Waals surface area contributed by atoms with Crippen molar-refractivity contribution in [1.82, 2.24) is 30.0 Å². The number of amides is 1. The molecule has 1 aromatic carbocycles. The Morgan fingerprint density at radius 1 is 1.22 bits per heavy atom. The zero-order valence-corrected chi connectivity index (χ0v) is 21.7. The molecule has 13 heteroatoms. The van der Waals surface area contributed by atoms with Gasteiger partial charge in [0.15, 0.2) is 5.65 Å². The molecular weight excluding hydrogens is 553 g/mol. The molecule has 4 aromatic rings. The van der Waals surface area contributed by atoms with E-state index in [1.54, 1.807) is 23.0 Å². The maximum absolute atomic E-state index is 13.7. The van der Waals surface area contributed by atoms with Gasteiger partial charge in [0.1, 0.15) is 20.3 Å². The lowest BCUT2D eigenvalue weighted by Crippen LogP contribution is -2.33. The second-order valence-corrected chi connectivity index (χ2v) is 11.9. The van der Waals surface area contributed by atoms with Crippen molar-refractivity contribution in [3.8, 4) is 5.69 Å². The Kier molecular flexibility index (Phi) is 6.60. The number of benzene rings is 1. The lowest BCUT2D eigenvalue weighted by atomic mass is 10.1. The monoisotopic (exact) mass is 575 g/mol. The average Bonchev–Trinajstić information content (AvgIpc) is 3.42. The summed E-state index contributed by atoms with van der Waals surface area (Å²) >= 11 is 3.46. The zero-order valence-electron chi connectivity index (χ0n) is 19.3. The molecule has 0 spiro atoms. The van der Waals surface area contributed by atoms with Crippen LogP contribution < -0.4 is 10.6 Å². The summed E-state index contributed by atoms with van der Waals surface area (Å²) < 4.78 is 38.5. The van der Waals surface area contributed by atoms with Crippen molar-refractivity contribution in [3.63, 3.8) is 0 Å². The molecule has 1 fully saturated rings. The summed E-state index contributed by atoms with van der Waals surface area (Å²) in [7, 11) is -3.12. The van der Waals surface area contributed by atoms with Crippen LogP contribution in [0, 0.1) is 11.7 Å². The Balaban J connectivity index is 1.33. The van der Waals surface area contributed by atoms with Crippen LogP contribution in [0.1, 0.15) is 19.3 Å². The number of rotatable bonds is 7. The molecule has 1 saturated carbocycles. The molecule has 5 rings (SSSR count). The highest BCUT2D eigenvalue weighted by atomic mass is 79.9. The molecule has 3 heterocycles. The van der Waals surface area contributed by atoms with E-state index >= 15 is 0 Å². The number of aromatic nitrogens is 5. The van der Waals surface area contributed by atoms with E-state index < -0.39 is 15.7 Å². The molecule has 0 aliphatic heterocycles. The van der Waals surface area contributed by atoms with Gasteiger partial charge < -0.3 is 10.6 Å². The Morgan fingerprint density at radius 2 is 2.06 bits per heavy atom. The van der Waals surface area contributed by atoms with Crippen molar-refractivity contribution >= 4 is 59.6 Å². The molecule has 3 aromatic heterocycles. The molecule has 2 N–H and O–H groups in total. The van der Waals surface area contributed by atoms with Gasteiger partial charge in [0, 0.05) is 36.3 Å². The predicted molar refractivity (Wildman–Crippen MR) is 137 cm³/mol. The molecule has 1 amide bonds. The fourth-order valence-electron chi connectivity index (χ4n) is 4.38. The number of carbonyl (C=O) groups excluding carboxylic acids is 1. The first-order chi connectivity index (χ1) is 17.2. The molecule has 1 aliphatic carbocycles. The lowest BCUT2D eigenvalue weighted by molar-refractivity contribution is -0.124. The van der Waals surface area contributed by atoms with Crippen LogP contribution in [0.25, 0.3) is 27.6 Å². The van der Waals surface area contributed by atoms with Gasteiger partial charge in [-0.1, -0.05) is 0 Å². The van der Waals surface area contributed by atoms with Gasteiger partial charge in [-0.25, -0.2) is 22.5 Å².